The molecular weight excluding hydrogens is 287 g/mol. The topological polar surface area (TPSA) is 67.4 Å². The number of methoxy groups -OCH3 is 1. The van der Waals surface area contributed by atoms with Crippen molar-refractivity contribution in [3.63, 3.8) is 0 Å². The number of aryl methyl sites for hydroxylation is 1. The Morgan fingerprint density at radius 1 is 1.05 bits per heavy atom. The minimum absolute atomic E-state index is 0.338. The molecule has 2 aromatic rings. The van der Waals surface area contributed by atoms with Crippen LogP contribution in [0.5, 0.6) is 0 Å². The predicted octanol–water partition coefficient (Wildman–Crippen LogP) is 3.56. The highest BCUT2D eigenvalue weighted by atomic mass is 19.1. The number of esters is 1. The highest BCUT2D eigenvalue weighted by molar-refractivity contribution is 6.01. The van der Waals surface area contributed by atoms with E-state index in [1.807, 2.05) is 0 Å². The van der Waals surface area contributed by atoms with E-state index >= 15 is 0 Å². The maximum atomic E-state index is 12.8. The summed E-state index contributed by atoms with van der Waals surface area (Å²) < 4.78 is 17.4. The normalized spacial score (nSPS) is 9.95. The molecule has 0 bridgehead atoms. The fourth-order valence-corrected chi connectivity index (χ4v) is 1.82. The molecule has 0 aliphatic rings. The molecule has 0 aliphatic heterocycles. The maximum absolute atomic E-state index is 12.8. The summed E-state index contributed by atoms with van der Waals surface area (Å²) >= 11 is 0. The second kappa shape index (κ2) is 6.71. The van der Waals surface area contributed by atoms with Gasteiger partial charge in [-0.2, -0.15) is 0 Å². The van der Waals surface area contributed by atoms with Crippen molar-refractivity contribution in [2.75, 3.05) is 17.7 Å². The van der Waals surface area contributed by atoms with Crippen LogP contribution in [0, 0.1) is 12.7 Å². The Labute approximate surface area is 127 Å². The molecule has 0 heterocycles. The van der Waals surface area contributed by atoms with Gasteiger partial charge in [0.25, 0.3) is 0 Å². The number of nitrogens with one attached hydrogen (secondary N) is 2. The Hall–Kier alpha value is -2.89. The number of anilines is 2. The number of amides is 2. The van der Waals surface area contributed by atoms with Crippen molar-refractivity contribution in [2.45, 2.75) is 6.92 Å². The van der Waals surface area contributed by atoms with Gasteiger partial charge in [-0.3, -0.25) is 0 Å². The summed E-state index contributed by atoms with van der Waals surface area (Å²) in [5.74, 6) is -0.866. The Morgan fingerprint density at radius 2 is 1.73 bits per heavy atom. The molecule has 0 aliphatic carbocycles. The lowest BCUT2D eigenvalue weighted by Crippen LogP contribution is -2.20. The molecule has 6 heteroatoms. The molecule has 0 saturated carbocycles. The second-order valence-corrected chi connectivity index (χ2v) is 4.61. The lowest BCUT2D eigenvalue weighted by atomic mass is 10.1. The number of ether oxygens (including phenoxy) is 1. The quantitative estimate of drug-likeness (QED) is 0.852. The number of benzene rings is 2. The van der Waals surface area contributed by atoms with Crippen molar-refractivity contribution < 1.29 is 18.7 Å². The number of hydrogen-bond donors (Lipinski definition) is 2. The van der Waals surface area contributed by atoms with E-state index in [0.717, 1.165) is 5.56 Å². The summed E-state index contributed by atoms with van der Waals surface area (Å²) in [6.07, 6.45) is 0. The number of carbonyl (C=O) groups excluding carboxylic acids is 2. The molecule has 0 unspecified atom stereocenters. The molecule has 0 radical (unpaired) electrons. The number of hydrogen-bond acceptors (Lipinski definition) is 3. The number of urea groups is 1. The Morgan fingerprint density at radius 3 is 2.36 bits per heavy atom. The maximum Gasteiger partial charge on any atom is 0.337 e. The minimum atomic E-state index is -0.489. The van der Waals surface area contributed by atoms with Crippen LogP contribution in [0.3, 0.4) is 0 Å². The third-order valence-electron chi connectivity index (χ3n) is 3.01. The van der Waals surface area contributed by atoms with E-state index in [4.69, 9.17) is 0 Å². The van der Waals surface area contributed by atoms with E-state index < -0.39 is 12.0 Å². The molecule has 0 spiro atoms. The first-order valence-electron chi connectivity index (χ1n) is 6.52. The van der Waals surface area contributed by atoms with Gasteiger partial charge in [-0.15, -0.1) is 0 Å². The van der Waals surface area contributed by atoms with E-state index in [1.54, 1.807) is 19.1 Å². The van der Waals surface area contributed by atoms with Crippen LogP contribution < -0.4 is 10.6 Å². The lowest BCUT2D eigenvalue weighted by Gasteiger charge is -2.11. The second-order valence-electron chi connectivity index (χ2n) is 4.61. The van der Waals surface area contributed by atoms with Gasteiger partial charge < -0.3 is 15.4 Å². The van der Waals surface area contributed by atoms with Crippen molar-refractivity contribution in [2.24, 2.45) is 0 Å². The van der Waals surface area contributed by atoms with Crippen LogP contribution in [-0.2, 0) is 4.74 Å². The summed E-state index contributed by atoms with van der Waals surface area (Å²) in [6.45, 7) is 1.80. The number of halogens is 1. The van der Waals surface area contributed by atoms with Crippen LogP contribution >= 0.6 is 0 Å². The van der Waals surface area contributed by atoms with Crippen LogP contribution in [0.1, 0.15) is 15.9 Å². The molecule has 0 aromatic heterocycles. The van der Waals surface area contributed by atoms with Gasteiger partial charge in [-0.05, 0) is 48.9 Å². The molecular formula is C16H15FN2O3. The highest BCUT2D eigenvalue weighted by Gasteiger charge is 2.10. The smallest absolute Gasteiger partial charge is 0.337 e. The van der Waals surface area contributed by atoms with Gasteiger partial charge in [-0.1, -0.05) is 6.07 Å². The van der Waals surface area contributed by atoms with Gasteiger partial charge in [0.05, 0.1) is 12.7 Å². The molecule has 114 valence electrons. The van der Waals surface area contributed by atoms with Crippen molar-refractivity contribution in [3.8, 4) is 0 Å². The molecule has 0 fully saturated rings. The monoisotopic (exact) mass is 302 g/mol. The van der Waals surface area contributed by atoms with Crippen LogP contribution in [0.2, 0.25) is 0 Å². The molecule has 5 nitrogen and oxygen atoms in total. The fourth-order valence-electron chi connectivity index (χ4n) is 1.82. The molecule has 2 rings (SSSR count). The van der Waals surface area contributed by atoms with Crippen molar-refractivity contribution in [3.05, 3.63) is 59.4 Å². The van der Waals surface area contributed by atoms with Gasteiger partial charge >= 0.3 is 12.0 Å². The van der Waals surface area contributed by atoms with E-state index in [1.165, 1.54) is 37.4 Å². The van der Waals surface area contributed by atoms with Gasteiger partial charge in [-0.25, -0.2) is 14.0 Å². The van der Waals surface area contributed by atoms with Crippen LogP contribution in [0.25, 0.3) is 0 Å². The van der Waals surface area contributed by atoms with Gasteiger partial charge in [0.15, 0.2) is 0 Å². The van der Waals surface area contributed by atoms with E-state index in [0.29, 0.717) is 16.9 Å². The Balaban J connectivity index is 2.10. The van der Waals surface area contributed by atoms with Crippen molar-refractivity contribution in [1.82, 2.24) is 0 Å². The van der Waals surface area contributed by atoms with Crippen LogP contribution in [0.15, 0.2) is 42.5 Å². The first-order chi connectivity index (χ1) is 10.5. The summed E-state index contributed by atoms with van der Waals surface area (Å²) in [4.78, 5) is 23.4. The van der Waals surface area contributed by atoms with Crippen LogP contribution in [-0.4, -0.2) is 19.1 Å². The SMILES string of the molecule is COC(=O)c1ccc(C)c(NC(=O)Nc2ccc(F)cc2)c1. The summed E-state index contributed by atoms with van der Waals surface area (Å²) in [6, 6.07) is 9.77. The largest absolute Gasteiger partial charge is 0.465 e. The number of carbonyl (C=O) groups is 2. The summed E-state index contributed by atoms with van der Waals surface area (Å²) in [5, 5.41) is 5.22. The molecule has 2 amide bonds. The average Bonchev–Trinajstić information content (AvgIpc) is 2.51. The zero-order valence-electron chi connectivity index (χ0n) is 12.1. The van der Waals surface area contributed by atoms with Crippen LogP contribution in [0.4, 0.5) is 20.6 Å². The summed E-state index contributed by atoms with van der Waals surface area (Å²) in [7, 11) is 1.29. The average molecular weight is 302 g/mol. The molecule has 2 aromatic carbocycles. The van der Waals surface area contributed by atoms with Gasteiger partial charge in [0.2, 0.25) is 0 Å². The summed E-state index contributed by atoms with van der Waals surface area (Å²) in [5.41, 5.74) is 2.08. The molecule has 0 atom stereocenters. The first-order valence-corrected chi connectivity index (χ1v) is 6.52. The van der Waals surface area contributed by atoms with Crippen molar-refractivity contribution in [1.29, 1.82) is 0 Å². The first kappa shape index (κ1) is 15.5. The van der Waals surface area contributed by atoms with Gasteiger partial charge in [0, 0.05) is 11.4 Å². The van der Waals surface area contributed by atoms with Crippen molar-refractivity contribution >= 4 is 23.4 Å². The third kappa shape index (κ3) is 3.82. The fraction of sp³-hybridized carbons (Fsp3) is 0.125. The molecule has 2 N–H and O–H groups in total. The van der Waals surface area contributed by atoms with E-state index in [-0.39, 0.29) is 5.82 Å². The standard InChI is InChI=1S/C16H15FN2O3/c1-10-3-4-11(15(20)22-2)9-14(10)19-16(21)18-13-7-5-12(17)6-8-13/h3-9H,1-2H3,(H2,18,19,21). The number of rotatable bonds is 3. The van der Waals surface area contributed by atoms with E-state index in [9.17, 15) is 14.0 Å². The Kier molecular flexibility index (Phi) is 4.73. The molecule has 22 heavy (non-hydrogen) atoms. The zero-order valence-corrected chi connectivity index (χ0v) is 12.1. The predicted molar refractivity (Wildman–Crippen MR) is 81.6 cm³/mol. The van der Waals surface area contributed by atoms with E-state index in [2.05, 4.69) is 15.4 Å². The van der Waals surface area contributed by atoms with Gasteiger partial charge in [0.1, 0.15) is 5.82 Å². The zero-order chi connectivity index (χ0) is 16.1. The lowest BCUT2D eigenvalue weighted by molar-refractivity contribution is 0.0600. The Bertz CT molecular complexity index is 699. The molecule has 0 saturated heterocycles. The third-order valence-corrected chi connectivity index (χ3v) is 3.01. The highest BCUT2D eigenvalue weighted by Crippen LogP contribution is 2.18. The minimum Gasteiger partial charge on any atom is -0.465 e.